The third-order valence-corrected chi connectivity index (χ3v) is 5.46. The molecule has 6 nitrogen and oxygen atoms in total. The van der Waals surface area contributed by atoms with Crippen LogP contribution < -0.4 is 0 Å². The second-order valence-electron chi connectivity index (χ2n) is 7.81. The predicted molar refractivity (Wildman–Crippen MR) is 109 cm³/mol. The Morgan fingerprint density at radius 1 is 1.21 bits per heavy atom. The topological polar surface area (TPSA) is 71.2 Å². The summed E-state index contributed by atoms with van der Waals surface area (Å²) in [6.07, 6.45) is 2.68. The van der Waals surface area contributed by atoms with Gasteiger partial charge in [0, 0.05) is 24.7 Å². The van der Waals surface area contributed by atoms with Gasteiger partial charge in [-0.15, -0.1) is 0 Å². The van der Waals surface area contributed by atoms with Crippen molar-refractivity contribution in [2.75, 3.05) is 13.1 Å². The Morgan fingerprint density at radius 2 is 1.93 bits per heavy atom. The summed E-state index contributed by atoms with van der Waals surface area (Å²) < 4.78 is 1.87. The third kappa shape index (κ3) is 3.29. The zero-order valence-electron chi connectivity index (χ0n) is 16.6. The molecule has 2 aromatic heterocycles. The summed E-state index contributed by atoms with van der Waals surface area (Å²) in [5.41, 5.74) is 4.28. The Kier molecular flexibility index (Phi) is 4.89. The number of likely N-dealkylation sites (tertiary alicyclic amines) is 1. The lowest BCUT2D eigenvalue weighted by molar-refractivity contribution is 0.0548. The van der Waals surface area contributed by atoms with Gasteiger partial charge in [-0.25, -0.2) is 9.67 Å². The Labute approximate surface area is 164 Å². The normalized spacial score (nSPS) is 15.5. The molecule has 3 heterocycles. The Balaban J connectivity index is 1.87. The van der Waals surface area contributed by atoms with E-state index in [0.717, 1.165) is 27.9 Å². The van der Waals surface area contributed by atoms with Crippen LogP contribution in [0, 0.1) is 6.92 Å². The molecule has 1 aliphatic rings. The van der Waals surface area contributed by atoms with Crippen LogP contribution in [0.15, 0.2) is 36.5 Å². The Hall–Kier alpha value is -2.73. The van der Waals surface area contributed by atoms with Crippen LogP contribution in [-0.4, -0.2) is 49.9 Å². The van der Waals surface area contributed by atoms with E-state index in [-0.39, 0.29) is 18.1 Å². The first kappa shape index (κ1) is 18.6. The van der Waals surface area contributed by atoms with Crippen LogP contribution in [0.4, 0.5) is 0 Å². The monoisotopic (exact) mass is 378 g/mol. The number of piperidine rings is 1. The summed E-state index contributed by atoms with van der Waals surface area (Å²) in [7, 11) is 0. The summed E-state index contributed by atoms with van der Waals surface area (Å²) in [5, 5.41) is 15.1. The number of benzene rings is 1. The van der Waals surface area contributed by atoms with E-state index in [4.69, 9.17) is 4.98 Å². The number of fused-ring (bicyclic) bond motifs is 1. The lowest BCUT2D eigenvalue weighted by Gasteiger charge is -2.30. The first-order valence-electron chi connectivity index (χ1n) is 9.87. The van der Waals surface area contributed by atoms with Crippen molar-refractivity contribution >= 4 is 16.9 Å². The van der Waals surface area contributed by atoms with E-state index >= 15 is 0 Å². The molecule has 0 unspecified atom stereocenters. The summed E-state index contributed by atoms with van der Waals surface area (Å²) in [4.78, 5) is 20.1. The molecule has 1 saturated heterocycles. The summed E-state index contributed by atoms with van der Waals surface area (Å²) >= 11 is 0. The van der Waals surface area contributed by atoms with Crippen molar-refractivity contribution in [3.05, 3.63) is 47.7 Å². The number of carbonyl (C=O) groups excluding carboxylic acids is 1. The van der Waals surface area contributed by atoms with Crippen LogP contribution in [0.25, 0.3) is 22.3 Å². The minimum atomic E-state index is -0.312. The maximum atomic E-state index is 13.3. The van der Waals surface area contributed by atoms with Crippen molar-refractivity contribution in [1.82, 2.24) is 19.7 Å². The van der Waals surface area contributed by atoms with Gasteiger partial charge in [0.25, 0.3) is 5.91 Å². The number of aryl methyl sites for hydroxylation is 1. The van der Waals surface area contributed by atoms with Crippen LogP contribution >= 0.6 is 0 Å². The van der Waals surface area contributed by atoms with Crippen LogP contribution in [0.5, 0.6) is 0 Å². The fraction of sp³-hybridized carbons (Fsp3) is 0.409. The first-order chi connectivity index (χ1) is 13.5. The molecule has 0 saturated carbocycles. The van der Waals surface area contributed by atoms with Gasteiger partial charge in [-0.3, -0.25) is 4.79 Å². The summed E-state index contributed by atoms with van der Waals surface area (Å²) in [6, 6.07) is 10.1. The van der Waals surface area contributed by atoms with Gasteiger partial charge in [0.05, 0.1) is 28.9 Å². The average molecular weight is 378 g/mol. The number of hydrogen-bond acceptors (Lipinski definition) is 4. The van der Waals surface area contributed by atoms with Gasteiger partial charge in [-0.2, -0.15) is 5.10 Å². The average Bonchev–Trinajstić information content (AvgIpc) is 3.12. The quantitative estimate of drug-likeness (QED) is 0.756. The van der Waals surface area contributed by atoms with E-state index in [9.17, 15) is 9.90 Å². The zero-order valence-corrected chi connectivity index (χ0v) is 16.6. The lowest BCUT2D eigenvalue weighted by Crippen LogP contribution is -2.40. The molecule has 0 aliphatic carbocycles. The van der Waals surface area contributed by atoms with Crippen LogP contribution in [0.1, 0.15) is 48.7 Å². The standard InChI is InChI=1S/C22H26N4O2/c1-14(2)26-21-19(13-23-26)18(22(28)25-10-8-16(27)9-11-25)12-20(24-21)17-7-5-4-6-15(17)3/h4-7,12-14,16,27H,8-11H2,1-3H3. The predicted octanol–water partition coefficient (Wildman–Crippen LogP) is 3.58. The van der Waals surface area contributed by atoms with E-state index in [2.05, 4.69) is 31.9 Å². The Morgan fingerprint density at radius 3 is 2.61 bits per heavy atom. The highest BCUT2D eigenvalue weighted by Crippen LogP contribution is 2.29. The minimum Gasteiger partial charge on any atom is -0.393 e. The molecule has 0 atom stereocenters. The highest BCUT2D eigenvalue weighted by atomic mass is 16.3. The third-order valence-electron chi connectivity index (χ3n) is 5.46. The lowest BCUT2D eigenvalue weighted by atomic mass is 10.0. The van der Waals surface area contributed by atoms with Crippen molar-refractivity contribution in [3.63, 3.8) is 0 Å². The molecule has 28 heavy (non-hydrogen) atoms. The van der Waals surface area contributed by atoms with Crippen molar-refractivity contribution in [2.24, 2.45) is 0 Å². The van der Waals surface area contributed by atoms with Gasteiger partial charge in [0.1, 0.15) is 0 Å². The number of hydrogen-bond donors (Lipinski definition) is 1. The number of carbonyl (C=O) groups is 1. The second kappa shape index (κ2) is 7.36. The minimum absolute atomic E-state index is 0.0163. The SMILES string of the molecule is Cc1ccccc1-c1cc(C(=O)N2CCC(O)CC2)c2cnn(C(C)C)c2n1. The molecule has 146 valence electrons. The van der Waals surface area contributed by atoms with Gasteiger partial charge >= 0.3 is 0 Å². The molecule has 4 rings (SSSR count). The molecule has 1 aromatic carbocycles. The van der Waals surface area contributed by atoms with Crippen LogP contribution in [0.2, 0.25) is 0 Å². The van der Waals surface area contributed by atoms with Crippen molar-refractivity contribution < 1.29 is 9.90 Å². The van der Waals surface area contributed by atoms with E-state index in [1.54, 1.807) is 6.20 Å². The molecule has 0 bridgehead atoms. The number of aliphatic hydroxyl groups is 1. The highest BCUT2D eigenvalue weighted by Gasteiger charge is 2.26. The number of nitrogens with zero attached hydrogens (tertiary/aromatic N) is 4. The van der Waals surface area contributed by atoms with Gasteiger partial charge in [-0.05, 0) is 45.2 Å². The summed E-state index contributed by atoms with van der Waals surface area (Å²) in [6.45, 7) is 7.31. The van der Waals surface area contributed by atoms with E-state index in [0.29, 0.717) is 31.5 Å². The van der Waals surface area contributed by atoms with Crippen molar-refractivity contribution in [3.8, 4) is 11.3 Å². The molecule has 1 fully saturated rings. The summed E-state index contributed by atoms with van der Waals surface area (Å²) in [5.74, 6) is -0.0163. The smallest absolute Gasteiger partial charge is 0.254 e. The number of rotatable bonds is 3. The molecule has 1 N–H and O–H groups in total. The number of aliphatic hydroxyl groups excluding tert-OH is 1. The first-order valence-corrected chi connectivity index (χ1v) is 9.87. The van der Waals surface area contributed by atoms with E-state index in [1.165, 1.54) is 0 Å². The highest BCUT2D eigenvalue weighted by molar-refractivity contribution is 6.06. The van der Waals surface area contributed by atoms with Crippen LogP contribution in [0.3, 0.4) is 0 Å². The number of aromatic nitrogens is 3. The van der Waals surface area contributed by atoms with Crippen LogP contribution in [-0.2, 0) is 0 Å². The van der Waals surface area contributed by atoms with E-state index < -0.39 is 0 Å². The van der Waals surface area contributed by atoms with Gasteiger partial charge < -0.3 is 10.0 Å². The molecular weight excluding hydrogens is 352 g/mol. The fourth-order valence-electron chi connectivity index (χ4n) is 3.81. The van der Waals surface area contributed by atoms with Gasteiger partial charge in [0.15, 0.2) is 5.65 Å². The molecule has 3 aromatic rings. The van der Waals surface area contributed by atoms with Gasteiger partial charge in [-0.1, -0.05) is 24.3 Å². The second-order valence-corrected chi connectivity index (χ2v) is 7.81. The van der Waals surface area contributed by atoms with Crippen molar-refractivity contribution in [2.45, 2.75) is 45.8 Å². The Bertz CT molecular complexity index is 1020. The van der Waals surface area contributed by atoms with E-state index in [1.807, 2.05) is 33.8 Å². The molecule has 0 radical (unpaired) electrons. The maximum absolute atomic E-state index is 13.3. The molecular formula is C22H26N4O2. The fourth-order valence-corrected chi connectivity index (χ4v) is 3.81. The van der Waals surface area contributed by atoms with Gasteiger partial charge in [0.2, 0.25) is 0 Å². The number of pyridine rings is 1. The molecule has 6 heteroatoms. The number of amides is 1. The zero-order chi connectivity index (χ0) is 19.8. The molecule has 0 spiro atoms. The molecule has 1 aliphatic heterocycles. The van der Waals surface area contributed by atoms with Crippen molar-refractivity contribution in [1.29, 1.82) is 0 Å². The maximum Gasteiger partial charge on any atom is 0.254 e. The largest absolute Gasteiger partial charge is 0.393 e. The molecule has 1 amide bonds.